The molecule has 2 aromatic carbocycles. The SMILES string of the molecule is COc1ccc(-n2c(C)cc(/C=C3\C(=O)NC(=O)N(c4ccccc4C)C3=O)c2C)cc1. The summed E-state index contributed by atoms with van der Waals surface area (Å²) in [6, 6.07) is 15.8. The number of aromatic nitrogens is 1. The van der Waals surface area contributed by atoms with Crippen LogP contribution in [0, 0.1) is 20.8 Å². The number of anilines is 1. The molecule has 1 saturated heterocycles. The summed E-state index contributed by atoms with van der Waals surface area (Å²) < 4.78 is 7.25. The fraction of sp³-hybridized carbons (Fsp3) is 0.160. The minimum absolute atomic E-state index is 0.0946. The zero-order chi connectivity index (χ0) is 23.0. The maximum atomic E-state index is 13.2. The third-order valence-corrected chi connectivity index (χ3v) is 5.56. The molecule has 4 amide bonds. The van der Waals surface area contributed by atoms with E-state index in [0.29, 0.717) is 5.69 Å². The lowest BCUT2D eigenvalue weighted by Gasteiger charge is -2.27. The van der Waals surface area contributed by atoms with Crippen molar-refractivity contribution < 1.29 is 19.1 Å². The average molecular weight is 429 g/mol. The lowest BCUT2D eigenvalue weighted by atomic mass is 10.1. The van der Waals surface area contributed by atoms with Gasteiger partial charge in [0.1, 0.15) is 11.3 Å². The zero-order valence-corrected chi connectivity index (χ0v) is 18.3. The first kappa shape index (κ1) is 21.1. The predicted octanol–water partition coefficient (Wildman–Crippen LogP) is 4.08. The molecule has 0 atom stereocenters. The van der Waals surface area contributed by atoms with E-state index in [0.717, 1.165) is 38.9 Å². The number of nitrogens with one attached hydrogen (secondary N) is 1. The number of ether oxygens (including phenoxy) is 1. The van der Waals surface area contributed by atoms with Gasteiger partial charge in [-0.2, -0.15) is 0 Å². The number of amides is 4. The first-order valence-electron chi connectivity index (χ1n) is 10.1. The fourth-order valence-corrected chi connectivity index (χ4v) is 3.91. The van der Waals surface area contributed by atoms with E-state index in [-0.39, 0.29) is 5.57 Å². The van der Waals surface area contributed by atoms with Crippen molar-refractivity contribution >= 4 is 29.6 Å². The van der Waals surface area contributed by atoms with E-state index in [2.05, 4.69) is 5.32 Å². The molecule has 0 spiro atoms. The molecule has 3 aromatic rings. The predicted molar refractivity (Wildman–Crippen MR) is 122 cm³/mol. The summed E-state index contributed by atoms with van der Waals surface area (Å²) in [6.45, 7) is 5.67. The van der Waals surface area contributed by atoms with Crippen LogP contribution in [0.1, 0.15) is 22.5 Å². The van der Waals surface area contributed by atoms with Gasteiger partial charge >= 0.3 is 6.03 Å². The highest BCUT2D eigenvalue weighted by atomic mass is 16.5. The van der Waals surface area contributed by atoms with E-state index in [1.165, 1.54) is 6.08 Å². The van der Waals surface area contributed by atoms with E-state index in [9.17, 15) is 14.4 Å². The summed E-state index contributed by atoms with van der Waals surface area (Å²) in [5, 5.41) is 2.28. The standard InChI is InChI=1S/C25H23N3O4/c1-15-7-5-6-8-22(15)28-24(30)21(23(29)26-25(28)31)14-18-13-16(2)27(17(18)3)19-9-11-20(32-4)12-10-19/h5-14H,1-4H3,(H,26,29,31)/b21-14+. The van der Waals surface area contributed by atoms with Gasteiger partial charge in [-0.1, -0.05) is 18.2 Å². The largest absolute Gasteiger partial charge is 0.497 e. The van der Waals surface area contributed by atoms with Gasteiger partial charge in [0, 0.05) is 17.1 Å². The molecule has 1 aliphatic heterocycles. The molecule has 1 aliphatic rings. The lowest BCUT2D eigenvalue weighted by Crippen LogP contribution is -2.54. The number of aryl methyl sites for hydroxylation is 2. The Bertz CT molecular complexity index is 1270. The molecule has 0 bridgehead atoms. The number of methoxy groups -OCH3 is 1. The maximum Gasteiger partial charge on any atom is 0.335 e. The topological polar surface area (TPSA) is 80.6 Å². The molecule has 0 aliphatic carbocycles. The van der Waals surface area contributed by atoms with Gasteiger partial charge in [0.25, 0.3) is 11.8 Å². The van der Waals surface area contributed by atoms with Crippen molar-refractivity contribution in [2.45, 2.75) is 20.8 Å². The summed E-state index contributed by atoms with van der Waals surface area (Å²) in [7, 11) is 1.61. The minimum atomic E-state index is -0.754. The third-order valence-electron chi connectivity index (χ3n) is 5.56. The van der Waals surface area contributed by atoms with Gasteiger partial charge in [0.15, 0.2) is 0 Å². The van der Waals surface area contributed by atoms with E-state index in [1.54, 1.807) is 32.2 Å². The van der Waals surface area contributed by atoms with Crippen LogP contribution in [0.4, 0.5) is 10.5 Å². The van der Waals surface area contributed by atoms with Gasteiger partial charge in [0.05, 0.1) is 12.8 Å². The summed E-state index contributed by atoms with van der Waals surface area (Å²) in [5.41, 5.74) is 4.55. The van der Waals surface area contributed by atoms with Gasteiger partial charge in [0.2, 0.25) is 0 Å². The van der Waals surface area contributed by atoms with Gasteiger partial charge in [-0.15, -0.1) is 0 Å². The molecule has 7 nitrogen and oxygen atoms in total. The van der Waals surface area contributed by atoms with Gasteiger partial charge in [-0.3, -0.25) is 14.9 Å². The second-order valence-corrected chi connectivity index (χ2v) is 7.60. The molecule has 32 heavy (non-hydrogen) atoms. The van der Waals surface area contributed by atoms with Crippen molar-refractivity contribution in [1.82, 2.24) is 9.88 Å². The Kier molecular flexibility index (Phi) is 5.40. The van der Waals surface area contributed by atoms with Gasteiger partial charge < -0.3 is 9.30 Å². The molecule has 0 radical (unpaired) electrons. The summed E-state index contributed by atoms with van der Waals surface area (Å²) in [6.07, 6.45) is 1.54. The minimum Gasteiger partial charge on any atom is -0.497 e. The Morgan fingerprint density at radius 2 is 1.62 bits per heavy atom. The van der Waals surface area contributed by atoms with Crippen LogP contribution in [0.3, 0.4) is 0 Å². The van der Waals surface area contributed by atoms with E-state index in [1.807, 2.05) is 54.8 Å². The second kappa shape index (κ2) is 8.19. The number of barbiturate groups is 1. The number of imide groups is 2. The Labute approximate surface area is 185 Å². The monoisotopic (exact) mass is 429 g/mol. The van der Waals surface area contributed by atoms with Crippen LogP contribution in [-0.2, 0) is 9.59 Å². The van der Waals surface area contributed by atoms with Crippen LogP contribution in [0.15, 0.2) is 60.2 Å². The smallest absolute Gasteiger partial charge is 0.335 e. The highest BCUT2D eigenvalue weighted by Crippen LogP contribution is 2.28. The van der Waals surface area contributed by atoms with Crippen LogP contribution in [0.25, 0.3) is 11.8 Å². The molecule has 162 valence electrons. The van der Waals surface area contributed by atoms with E-state index in [4.69, 9.17) is 4.74 Å². The number of benzene rings is 2. The van der Waals surface area contributed by atoms with E-state index < -0.39 is 17.8 Å². The Hall–Kier alpha value is -4.13. The van der Waals surface area contributed by atoms with Crippen LogP contribution in [-0.4, -0.2) is 29.5 Å². The molecule has 0 unspecified atom stereocenters. The van der Waals surface area contributed by atoms with Crippen molar-refractivity contribution in [3.8, 4) is 11.4 Å². The number of para-hydroxylation sites is 1. The van der Waals surface area contributed by atoms with Crippen molar-refractivity contribution in [2.24, 2.45) is 0 Å². The highest BCUT2D eigenvalue weighted by molar-refractivity contribution is 6.39. The molecular weight excluding hydrogens is 406 g/mol. The number of carbonyl (C=O) groups excluding carboxylic acids is 3. The number of carbonyl (C=O) groups is 3. The van der Waals surface area contributed by atoms with Gasteiger partial charge in [-0.05, 0) is 74.4 Å². The number of rotatable bonds is 4. The van der Waals surface area contributed by atoms with Crippen molar-refractivity contribution in [1.29, 1.82) is 0 Å². The normalized spacial score (nSPS) is 15.3. The number of nitrogens with zero attached hydrogens (tertiary/aromatic N) is 2. The van der Waals surface area contributed by atoms with Crippen LogP contribution in [0.2, 0.25) is 0 Å². The van der Waals surface area contributed by atoms with E-state index >= 15 is 0 Å². The molecule has 4 rings (SSSR count). The van der Waals surface area contributed by atoms with Crippen LogP contribution in [0.5, 0.6) is 5.75 Å². The fourth-order valence-electron chi connectivity index (χ4n) is 3.91. The zero-order valence-electron chi connectivity index (χ0n) is 18.3. The Morgan fingerprint density at radius 1 is 0.938 bits per heavy atom. The Morgan fingerprint density at radius 3 is 2.28 bits per heavy atom. The quantitative estimate of drug-likeness (QED) is 0.501. The molecule has 1 aromatic heterocycles. The number of hydrogen-bond acceptors (Lipinski definition) is 4. The molecule has 0 saturated carbocycles. The lowest BCUT2D eigenvalue weighted by molar-refractivity contribution is -0.122. The third kappa shape index (κ3) is 3.58. The van der Waals surface area contributed by atoms with Crippen LogP contribution >= 0.6 is 0 Å². The maximum absolute atomic E-state index is 13.2. The molecule has 2 heterocycles. The first-order chi connectivity index (χ1) is 15.3. The molecule has 1 fully saturated rings. The Balaban J connectivity index is 1.76. The van der Waals surface area contributed by atoms with Crippen molar-refractivity contribution in [3.63, 3.8) is 0 Å². The van der Waals surface area contributed by atoms with Crippen LogP contribution < -0.4 is 15.0 Å². The first-order valence-corrected chi connectivity index (χ1v) is 10.1. The molecule has 7 heteroatoms. The summed E-state index contributed by atoms with van der Waals surface area (Å²) in [4.78, 5) is 39.2. The average Bonchev–Trinajstić information content (AvgIpc) is 3.05. The molecule has 1 N–H and O–H groups in total. The molecular formula is C25H23N3O4. The number of hydrogen-bond donors (Lipinski definition) is 1. The number of urea groups is 1. The summed E-state index contributed by atoms with van der Waals surface area (Å²) >= 11 is 0. The van der Waals surface area contributed by atoms with Crippen molar-refractivity contribution in [3.05, 3.63) is 82.7 Å². The van der Waals surface area contributed by atoms with Gasteiger partial charge in [-0.25, -0.2) is 9.69 Å². The van der Waals surface area contributed by atoms with Crippen molar-refractivity contribution in [2.75, 3.05) is 12.0 Å². The highest BCUT2D eigenvalue weighted by Gasteiger charge is 2.37. The summed E-state index contributed by atoms with van der Waals surface area (Å²) in [5.74, 6) is -0.606. The second-order valence-electron chi connectivity index (χ2n) is 7.60.